The molecule has 1 aromatic heterocycles. The van der Waals surface area contributed by atoms with Gasteiger partial charge < -0.3 is 13.9 Å². The Kier molecular flexibility index (Phi) is 7.73. The van der Waals surface area contributed by atoms with E-state index in [4.69, 9.17) is 13.9 Å². The van der Waals surface area contributed by atoms with Gasteiger partial charge in [-0.3, -0.25) is 24.6 Å². The van der Waals surface area contributed by atoms with E-state index in [2.05, 4.69) is 5.32 Å². The van der Waals surface area contributed by atoms with E-state index in [0.29, 0.717) is 0 Å². The maximum absolute atomic E-state index is 13.4. The number of benzene rings is 1. The van der Waals surface area contributed by atoms with Gasteiger partial charge in [-0.25, -0.2) is 9.59 Å². The first-order chi connectivity index (χ1) is 16.6. The average molecular weight is 485 g/mol. The summed E-state index contributed by atoms with van der Waals surface area (Å²) in [5.41, 5.74) is -0.0297. The number of hydrogen-bond donors (Lipinski definition) is 1. The molecule has 35 heavy (non-hydrogen) atoms. The van der Waals surface area contributed by atoms with Gasteiger partial charge in [0.25, 0.3) is 11.8 Å². The Hall–Kier alpha value is -3.95. The minimum Gasteiger partial charge on any atom is -0.462 e. The maximum Gasteiger partial charge on any atom is 0.344 e. The van der Waals surface area contributed by atoms with E-state index in [1.54, 1.807) is 26.0 Å². The topological polar surface area (TPSA) is 132 Å². The van der Waals surface area contributed by atoms with E-state index >= 15 is 0 Å². The van der Waals surface area contributed by atoms with E-state index in [-0.39, 0.29) is 59.5 Å². The lowest BCUT2D eigenvalue weighted by molar-refractivity contribution is -0.120. The van der Waals surface area contributed by atoms with Crippen molar-refractivity contribution in [3.8, 4) is 0 Å². The van der Waals surface area contributed by atoms with E-state index in [1.165, 1.54) is 19.1 Å². The van der Waals surface area contributed by atoms with Crippen LogP contribution in [0, 0.1) is 12.8 Å². The standard InChI is InChI=1S/C25H28N2O8/c1-6-33-24(31)18-14(5)35-21(19(18)25(32)34-7-2)26-20(28)17(12-13(3)4)27-22(29)15-10-8-9-11-16(15)23(27)30/h8-11,13,17H,6-7,12H2,1-5H3,(H,26,28). The van der Waals surface area contributed by atoms with Crippen molar-refractivity contribution in [1.82, 2.24) is 4.90 Å². The fourth-order valence-electron chi connectivity index (χ4n) is 3.94. The predicted octanol–water partition coefficient (Wildman–Crippen LogP) is 3.59. The normalized spacial score (nSPS) is 13.6. The number of hydrogen-bond acceptors (Lipinski definition) is 8. The van der Waals surface area contributed by atoms with Gasteiger partial charge in [0.2, 0.25) is 11.8 Å². The number of imide groups is 1. The smallest absolute Gasteiger partial charge is 0.344 e. The Labute approximate surface area is 202 Å². The molecule has 2 heterocycles. The fourth-order valence-corrected chi connectivity index (χ4v) is 3.94. The molecule has 1 atom stereocenters. The van der Waals surface area contributed by atoms with Crippen molar-refractivity contribution in [3.63, 3.8) is 0 Å². The molecule has 0 spiro atoms. The molecule has 3 amide bonds. The average Bonchev–Trinajstić information content (AvgIpc) is 3.26. The molecule has 3 rings (SSSR count). The number of anilines is 1. The third-order valence-electron chi connectivity index (χ3n) is 5.41. The molecule has 1 N–H and O–H groups in total. The number of esters is 2. The molecule has 0 radical (unpaired) electrons. The van der Waals surface area contributed by atoms with Crippen molar-refractivity contribution >= 4 is 35.5 Å². The predicted molar refractivity (Wildman–Crippen MR) is 124 cm³/mol. The molecule has 1 aliphatic heterocycles. The number of aryl methyl sites for hydroxylation is 1. The Balaban J connectivity index is 2.00. The van der Waals surface area contributed by atoms with E-state index in [9.17, 15) is 24.0 Å². The Morgan fingerprint density at radius 2 is 1.46 bits per heavy atom. The van der Waals surface area contributed by atoms with Crippen LogP contribution < -0.4 is 5.32 Å². The van der Waals surface area contributed by atoms with Crippen LogP contribution in [0.5, 0.6) is 0 Å². The number of nitrogens with one attached hydrogen (secondary N) is 1. The van der Waals surface area contributed by atoms with Gasteiger partial charge in [0.15, 0.2) is 0 Å². The summed E-state index contributed by atoms with van der Waals surface area (Å²) in [6.07, 6.45) is 0.163. The Morgan fingerprint density at radius 1 is 0.943 bits per heavy atom. The van der Waals surface area contributed by atoms with Crippen molar-refractivity contribution in [3.05, 3.63) is 52.3 Å². The number of fused-ring (bicyclic) bond motifs is 1. The molecule has 1 aliphatic rings. The number of carbonyl (C=O) groups is 5. The van der Waals surface area contributed by atoms with Crippen molar-refractivity contribution in [2.24, 2.45) is 5.92 Å². The number of amides is 3. The van der Waals surface area contributed by atoms with Crippen molar-refractivity contribution in [2.45, 2.75) is 47.1 Å². The summed E-state index contributed by atoms with van der Waals surface area (Å²) in [7, 11) is 0. The third-order valence-corrected chi connectivity index (χ3v) is 5.41. The first-order valence-corrected chi connectivity index (χ1v) is 11.4. The lowest BCUT2D eigenvalue weighted by Gasteiger charge is -2.26. The van der Waals surface area contributed by atoms with E-state index in [0.717, 1.165) is 4.90 Å². The van der Waals surface area contributed by atoms with Crippen LogP contribution in [0.2, 0.25) is 0 Å². The second-order valence-electron chi connectivity index (χ2n) is 8.34. The van der Waals surface area contributed by atoms with Crippen LogP contribution in [-0.2, 0) is 14.3 Å². The molecule has 0 bridgehead atoms. The molecule has 10 heteroatoms. The number of carbonyl (C=O) groups excluding carboxylic acids is 5. The summed E-state index contributed by atoms with van der Waals surface area (Å²) in [5.74, 6) is -3.95. The molecular weight excluding hydrogens is 456 g/mol. The number of ether oxygens (including phenoxy) is 2. The summed E-state index contributed by atoms with van der Waals surface area (Å²) < 4.78 is 15.6. The molecule has 1 aromatic carbocycles. The quantitative estimate of drug-likeness (QED) is 0.422. The molecule has 0 aliphatic carbocycles. The lowest BCUT2D eigenvalue weighted by Crippen LogP contribution is -2.48. The molecule has 1 unspecified atom stereocenters. The minimum absolute atomic E-state index is 0.0176. The van der Waals surface area contributed by atoms with Crippen LogP contribution in [0.15, 0.2) is 28.7 Å². The zero-order valence-corrected chi connectivity index (χ0v) is 20.3. The van der Waals surface area contributed by atoms with Crippen molar-refractivity contribution in [1.29, 1.82) is 0 Å². The molecule has 186 valence electrons. The van der Waals surface area contributed by atoms with E-state index < -0.39 is 35.7 Å². The van der Waals surface area contributed by atoms with Gasteiger partial charge >= 0.3 is 11.9 Å². The van der Waals surface area contributed by atoms with Gasteiger partial charge in [0.1, 0.15) is 22.9 Å². The maximum atomic E-state index is 13.4. The summed E-state index contributed by atoms with van der Waals surface area (Å²) in [5, 5.41) is 2.50. The number of nitrogens with zero attached hydrogens (tertiary/aromatic N) is 1. The van der Waals surface area contributed by atoms with Crippen LogP contribution in [0.3, 0.4) is 0 Å². The second-order valence-corrected chi connectivity index (χ2v) is 8.34. The highest BCUT2D eigenvalue weighted by molar-refractivity contribution is 6.23. The zero-order chi connectivity index (χ0) is 25.9. The first-order valence-electron chi connectivity index (χ1n) is 11.4. The second kappa shape index (κ2) is 10.5. The molecule has 2 aromatic rings. The molecule has 0 saturated carbocycles. The molecular formula is C25H28N2O8. The summed E-state index contributed by atoms with van der Waals surface area (Å²) in [6, 6.07) is 5.15. The highest BCUT2D eigenvalue weighted by Crippen LogP contribution is 2.31. The van der Waals surface area contributed by atoms with Gasteiger partial charge in [-0.05, 0) is 45.2 Å². The van der Waals surface area contributed by atoms with E-state index in [1.807, 2.05) is 13.8 Å². The fraction of sp³-hybridized carbons (Fsp3) is 0.400. The Morgan fingerprint density at radius 3 is 1.94 bits per heavy atom. The van der Waals surface area contributed by atoms with Gasteiger partial charge in [0, 0.05) is 0 Å². The first kappa shape index (κ1) is 25.7. The zero-order valence-electron chi connectivity index (χ0n) is 20.3. The van der Waals surface area contributed by atoms with Gasteiger partial charge in [-0.1, -0.05) is 26.0 Å². The molecule has 0 fully saturated rings. The third kappa shape index (κ3) is 4.96. The van der Waals surface area contributed by atoms with Crippen LogP contribution in [0.1, 0.15) is 81.3 Å². The molecule has 0 saturated heterocycles. The minimum atomic E-state index is -1.19. The van der Waals surface area contributed by atoms with Crippen LogP contribution in [0.25, 0.3) is 0 Å². The highest BCUT2D eigenvalue weighted by Gasteiger charge is 2.43. The largest absolute Gasteiger partial charge is 0.462 e. The van der Waals surface area contributed by atoms with Gasteiger partial charge in [-0.15, -0.1) is 0 Å². The SMILES string of the molecule is CCOC(=O)c1c(C)oc(NC(=O)C(CC(C)C)N2C(=O)c3ccccc3C2=O)c1C(=O)OCC. The van der Waals surface area contributed by atoms with Crippen molar-refractivity contribution < 1.29 is 37.9 Å². The van der Waals surface area contributed by atoms with Crippen molar-refractivity contribution in [2.75, 3.05) is 18.5 Å². The summed E-state index contributed by atoms with van der Waals surface area (Å²) >= 11 is 0. The van der Waals surface area contributed by atoms with Gasteiger partial charge in [-0.2, -0.15) is 0 Å². The lowest BCUT2D eigenvalue weighted by atomic mass is 10.0. The monoisotopic (exact) mass is 484 g/mol. The summed E-state index contributed by atoms with van der Waals surface area (Å²) in [4.78, 5) is 65.6. The number of rotatable bonds is 9. The van der Waals surface area contributed by atoms with Crippen LogP contribution in [0.4, 0.5) is 5.88 Å². The van der Waals surface area contributed by atoms with Crippen LogP contribution >= 0.6 is 0 Å². The number of furan rings is 1. The Bertz CT molecular complexity index is 1150. The van der Waals surface area contributed by atoms with Crippen LogP contribution in [-0.4, -0.2) is 53.8 Å². The van der Waals surface area contributed by atoms with Gasteiger partial charge in [0.05, 0.1) is 24.3 Å². The highest BCUT2D eigenvalue weighted by atomic mass is 16.5. The summed E-state index contributed by atoms with van der Waals surface area (Å²) in [6.45, 7) is 8.41. The molecule has 10 nitrogen and oxygen atoms in total.